The average Bonchev–Trinajstić information content (AvgIpc) is 2.40. The van der Waals surface area contributed by atoms with Gasteiger partial charge in [0.15, 0.2) is 0 Å². The minimum Gasteiger partial charge on any atom is -0.207 e. The second kappa shape index (κ2) is 6.07. The van der Waals surface area contributed by atoms with Crippen LogP contribution in [0.15, 0.2) is 17.0 Å². The van der Waals surface area contributed by atoms with Crippen molar-refractivity contribution in [2.75, 3.05) is 13.1 Å². The van der Waals surface area contributed by atoms with Crippen molar-refractivity contribution < 1.29 is 8.42 Å². The third-order valence-corrected chi connectivity index (χ3v) is 6.80. The monoisotopic (exact) mass is 349 g/mol. The van der Waals surface area contributed by atoms with Crippen molar-refractivity contribution in [3.63, 3.8) is 0 Å². The predicted molar refractivity (Wildman–Crippen MR) is 87.5 cm³/mol. The summed E-state index contributed by atoms with van der Waals surface area (Å²) in [6.45, 7) is 7.24. The number of sulfonamides is 1. The largest absolute Gasteiger partial charge is 0.243 e. The number of rotatable bonds is 3. The van der Waals surface area contributed by atoms with E-state index in [0.717, 1.165) is 18.4 Å². The van der Waals surface area contributed by atoms with Gasteiger partial charge in [-0.05, 0) is 48.4 Å². The van der Waals surface area contributed by atoms with Gasteiger partial charge in [0.2, 0.25) is 10.0 Å². The quantitative estimate of drug-likeness (QED) is 0.767. The highest BCUT2D eigenvalue weighted by Crippen LogP contribution is 2.34. The standard InChI is InChI=1S/C15H21Cl2NO2S/c1-11-12(10-16)8-13(17)9-14(11)21(19,20)18-6-4-15(2,3)5-7-18/h8-9H,4-7,10H2,1-3H3. The number of hydrogen-bond donors (Lipinski definition) is 0. The van der Waals surface area contributed by atoms with Crippen molar-refractivity contribution in [1.82, 2.24) is 4.31 Å². The maximum atomic E-state index is 12.9. The van der Waals surface area contributed by atoms with Crippen LogP contribution >= 0.6 is 23.2 Å². The molecule has 1 aromatic rings. The van der Waals surface area contributed by atoms with Crippen LogP contribution in [0.5, 0.6) is 0 Å². The van der Waals surface area contributed by atoms with Crippen LogP contribution in [0.4, 0.5) is 0 Å². The summed E-state index contributed by atoms with van der Waals surface area (Å²) in [5, 5.41) is 0.409. The zero-order valence-corrected chi connectivity index (χ0v) is 14.9. The molecular formula is C15H21Cl2NO2S. The van der Waals surface area contributed by atoms with E-state index in [1.165, 1.54) is 6.07 Å². The molecule has 1 heterocycles. The second-order valence-corrected chi connectivity index (χ2v) is 9.00. The normalized spacial score (nSPS) is 19.7. The van der Waals surface area contributed by atoms with Crippen LogP contribution in [0.2, 0.25) is 5.02 Å². The molecule has 0 aliphatic carbocycles. The summed E-state index contributed by atoms with van der Waals surface area (Å²) in [5.74, 6) is 0.252. The van der Waals surface area contributed by atoms with Crippen LogP contribution in [0.3, 0.4) is 0 Å². The van der Waals surface area contributed by atoms with Crippen molar-refractivity contribution in [3.8, 4) is 0 Å². The Kier molecular flexibility index (Phi) is 4.94. The summed E-state index contributed by atoms with van der Waals surface area (Å²) < 4.78 is 27.3. The van der Waals surface area contributed by atoms with Crippen molar-refractivity contribution in [2.45, 2.75) is 44.4 Å². The molecule has 2 rings (SSSR count). The minimum absolute atomic E-state index is 0.205. The highest BCUT2D eigenvalue weighted by atomic mass is 35.5. The summed E-state index contributed by atoms with van der Waals surface area (Å²) in [4.78, 5) is 0.283. The van der Waals surface area contributed by atoms with E-state index in [-0.39, 0.29) is 16.2 Å². The third-order valence-electron chi connectivity index (χ3n) is 4.27. The van der Waals surface area contributed by atoms with E-state index >= 15 is 0 Å². The Bertz CT molecular complexity index is 631. The van der Waals surface area contributed by atoms with Crippen molar-refractivity contribution in [1.29, 1.82) is 0 Å². The highest BCUT2D eigenvalue weighted by molar-refractivity contribution is 7.89. The molecule has 118 valence electrons. The molecule has 1 aromatic carbocycles. The number of alkyl halides is 1. The lowest BCUT2D eigenvalue weighted by atomic mass is 9.83. The Morgan fingerprint density at radius 2 is 1.81 bits per heavy atom. The summed E-state index contributed by atoms with van der Waals surface area (Å²) in [5.41, 5.74) is 1.66. The van der Waals surface area contributed by atoms with Gasteiger partial charge < -0.3 is 0 Å². The van der Waals surface area contributed by atoms with Gasteiger partial charge in [0.25, 0.3) is 0 Å². The van der Waals surface area contributed by atoms with Crippen molar-refractivity contribution >= 4 is 33.2 Å². The molecule has 0 atom stereocenters. The molecule has 0 spiro atoms. The van der Waals surface area contributed by atoms with Gasteiger partial charge in [0.05, 0.1) is 4.90 Å². The molecule has 21 heavy (non-hydrogen) atoms. The van der Waals surface area contributed by atoms with E-state index < -0.39 is 10.0 Å². The SMILES string of the molecule is Cc1c(CCl)cc(Cl)cc1S(=O)(=O)N1CCC(C)(C)CC1. The predicted octanol–water partition coefficient (Wildman–Crippen LogP) is 4.20. The van der Waals surface area contributed by atoms with Crippen LogP contribution < -0.4 is 0 Å². The van der Waals surface area contributed by atoms with Crippen LogP contribution in [0.25, 0.3) is 0 Å². The first-order valence-corrected chi connectivity index (χ1v) is 9.38. The Hall–Kier alpha value is -0.290. The third kappa shape index (κ3) is 3.55. The Labute approximate surface area is 137 Å². The Morgan fingerprint density at radius 1 is 1.24 bits per heavy atom. The molecule has 1 aliphatic rings. The van der Waals surface area contributed by atoms with Crippen LogP contribution in [0, 0.1) is 12.3 Å². The first-order valence-electron chi connectivity index (χ1n) is 7.02. The molecule has 0 amide bonds. The zero-order chi connectivity index (χ0) is 15.8. The zero-order valence-electron chi connectivity index (χ0n) is 12.6. The highest BCUT2D eigenvalue weighted by Gasteiger charge is 2.33. The molecule has 1 fully saturated rings. The number of hydrogen-bond acceptors (Lipinski definition) is 2. The lowest BCUT2D eigenvalue weighted by molar-refractivity contribution is 0.196. The molecule has 6 heteroatoms. The van der Waals surface area contributed by atoms with Gasteiger partial charge in [0, 0.05) is 24.0 Å². The van der Waals surface area contributed by atoms with Gasteiger partial charge in [0.1, 0.15) is 0 Å². The van der Waals surface area contributed by atoms with Gasteiger partial charge in [-0.2, -0.15) is 4.31 Å². The molecule has 1 saturated heterocycles. The van der Waals surface area contributed by atoms with E-state index in [2.05, 4.69) is 13.8 Å². The molecular weight excluding hydrogens is 329 g/mol. The van der Waals surface area contributed by atoms with Gasteiger partial charge >= 0.3 is 0 Å². The average molecular weight is 350 g/mol. The lowest BCUT2D eigenvalue weighted by Crippen LogP contribution is -2.41. The molecule has 0 unspecified atom stereocenters. The van der Waals surface area contributed by atoms with Gasteiger partial charge in [-0.3, -0.25) is 0 Å². The molecule has 0 aromatic heterocycles. The van der Waals surface area contributed by atoms with Crippen molar-refractivity contribution in [3.05, 3.63) is 28.3 Å². The summed E-state index contributed by atoms with van der Waals surface area (Å²) >= 11 is 11.9. The van der Waals surface area contributed by atoms with E-state index in [9.17, 15) is 8.42 Å². The molecule has 0 radical (unpaired) electrons. The Morgan fingerprint density at radius 3 is 2.33 bits per heavy atom. The van der Waals surface area contributed by atoms with E-state index in [1.807, 2.05) is 0 Å². The first-order chi connectivity index (χ1) is 9.67. The Balaban J connectivity index is 2.39. The smallest absolute Gasteiger partial charge is 0.207 e. The molecule has 0 saturated carbocycles. The van der Waals surface area contributed by atoms with Crippen molar-refractivity contribution in [2.24, 2.45) is 5.41 Å². The topological polar surface area (TPSA) is 37.4 Å². The molecule has 0 N–H and O–H groups in total. The molecule has 3 nitrogen and oxygen atoms in total. The van der Waals surface area contributed by atoms with Crippen LogP contribution in [0.1, 0.15) is 37.8 Å². The van der Waals surface area contributed by atoms with Crippen LogP contribution in [-0.4, -0.2) is 25.8 Å². The lowest BCUT2D eigenvalue weighted by Gasteiger charge is -2.36. The molecule has 0 bridgehead atoms. The fraction of sp³-hybridized carbons (Fsp3) is 0.600. The van der Waals surface area contributed by atoms with Gasteiger partial charge in [-0.1, -0.05) is 25.4 Å². The van der Waals surface area contributed by atoms with Crippen LogP contribution in [-0.2, 0) is 15.9 Å². The van der Waals surface area contributed by atoms with E-state index in [1.54, 1.807) is 17.3 Å². The fourth-order valence-electron chi connectivity index (χ4n) is 2.59. The van der Waals surface area contributed by atoms with E-state index in [4.69, 9.17) is 23.2 Å². The minimum atomic E-state index is -3.51. The summed E-state index contributed by atoms with van der Waals surface area (Å²) in [6, 6.07) is 3.25. The summed E-state index contributed by atoms with van der Waals surface area (Å²) in [7, 11) is -3.51. The number of benzene rings is 1. The number of nitrogens with zero attached hydrogens (tertiary/aromatic N) is 1. The first kappa shape index (κ1) is 17.1. The van der Waals surface area contributed by atoms with Gasteiger partial charge in [-0.15, -0.1) is 11.6 Å². The van der Waals surface area contributed by atoms with Gasteiger partial charge in [-0.25, -0.2) is 8.42 Å². The maximum absolute atomic E-state index is 12.9. The van der Waals surface area contributed by atoms with E-state index in [0.29, 0.717) is 23.7 Å². The number of halogens is 2. The number of piperidine rings is 1. The summed E-state index contributed by atoms with van der Waals surface area (Å²) in [6.07, 6.45) is 1.74. The fourth-order valence-corrected chi connectivity index (χ4v) is 4.90. The molecule has 1 aliphatic heterocycles. The maximum Gasteiger partial charge on any atom is 0.243 e. The second-order valence-electron chi connectivity index (χ2n) is 6.39.